The second-order valence-corrected chi connectivity index (χ2v) is 8.83. The van der Waals surface area contributed by atoms with Crippen molar-refractivity contribution in [3.8, 4) is 0 Å². The lowest BCUT2D eigenvalue weighted by Gasteiger charge is -2.26. The third-order valence-electron chi connectivity index (χ3n) is 4.78. The summed E-state index contributed by atoms with van der Waals surface area (Å²) in [4.78, 5) is 25.8. The predicted octanol–water partition coefficient (Wildman–Crippen LogP) is 6.52. The maximum Gasteiger partial charge on any atom is 0.290 e. The Kier molecular flexibility index (Phi) is 6.66. The summed E-state index contributed by atoms with van der Waals surface area (Å²) >= 11 is 14.0. The van der Waals surface area contributed by atoms with Crippen LogP contribution in [-0.2, 0) is 17.9 Å². The number of thioether (sulfide) groups is 1. The number of hydrogen-bond acceptors (Lipinski definition) is 4. The Morgan fingerprint density at radius 2 is 1.35 bits per heavy atom. The molecule has 0 radical (unpaired) electrons. The van der Waals surface area contributed by atoms with E-state index < -0.39 is 11.1 Å². The number of carbonyl (C=O) groups is 2. The zero-order valence-corrected chi connectivity index (χ0v) is 18.7. The van der Waals surface area contributed by atoms with Gasteiger partial charge < -0.3 is 4.90 Å². The van der Waals surface area contributed by atoms with Crippen LogP contribution in [0.15, 0.2) is 77.7 Å². The highest BCUT2D eigenvalue weighted by Gasteiger charge is 2.26. The highest BCUT2D eigenvalue weighted by molar-refractivity contribution is 8.18. The highest BCUT2D eigenvalue weighted by atomic mass is 35.5. The lowest BCUT2D eigenvalue weighted by atomic mass is 10.1. The van der Waals surface area contributed by atoms with Gasteiger partial charge in [0.1, 0.15) is 0 Å². The molecule has 0 aromatic heterocycles. The molecular formula is C24H18Cl2N2O2S. The van der Waals surface area contributed by atoms with Gasteiger partial charge in [-0.15, -0.1) is 0 Å². The average Bonchev–Trinajstić information content (AvgIpc) is 3.08. The molecule has 1 saturated heterocycles. The number of halogens is 2. The maximum atomic E-state index is 11.9. The molecule has 1 aliphatic rings. The first-order valence-corrected chi connectivity index (χ1v) is 11.1. The molecule has 1 N–H and O–H groups in total. The standard InChI is InChI=1S/C24H18Cl2N2O2S/c25-20-11-18(12-21(26)19(20)13-22-23(29)27-24(30)31-22)28(14-16-7-3-1-4-8-16)15-17-9-5-2-6-10-17/h1-13H,14-15H2,(H,27,29,30). The highest BCUT2D eigenvalue weighted by Crippen LogP contribution is 2.36. The molecule has 0 saturated carbocycles. The van der Waals surface area contributed by atoms with Gasteiger partial charge in [0.25, 0.3) is 11.1 Å². The molecule has 0 spiro atoms. The summed E-state index contributed by atoms with van der Waals surface area (Å²) in [7, 11) is 0. The summed E-state index contributed by atoms with van der Waals surface area (Å²) in [5.74, 6) is -0.444. The van der Waals surface area contributed by atoms with Gasteiger partial charge >= 0.3 is 0 Å². The lowest BCUT2D eigenvalue weighted by molar-refractivity contribution is -0.115. The molecule has 0 bridgehead atoms. The Labute approximate surface area is 194 Å². The first kappa shape index (κ1) is 21.5. The van der Waals surface area contributed by atoms with Gasteiger partial charge in [0.05, 0.1) is 15.0 Å². The molecule has 7 heteroatoms. The van der Waals surface area contributed by atoms with Crippen LogP contribution in [0.5, 0.6) is 0 Å². The molecule has 3 aromatic rings. The third kappa shape index (κ3) is 5.31. The van der Waals surface area contributed by atoms with Crippen molar-refractivity contribution in [3.05, 3.63) is 104 Å². The Balaban J connectivity index is 1.68. The fourth-order valence-electron chi connectivity index (χ4n) is 3.29. The number of amides is 2. The van der Waals surface area contributed by atoms with Crippen LogP contribution in [0.3, 0.4) is 0 Å². The Morgan fingerprint density at radius 1 is 0.839 bits per heavy atom. The van der Waals surface area contributed by atoms with Gasteiger partial charge in [0.15, 0.2) is 0 Å². The number of nitrogens with zero attached hydrogens (tertiary/aromatic N) is 1. The van der Waals surface area contributed by atoms with E-state index in [0.717, 1.165) is 28.6 Å². The predicted molar refractivity (Wildman–Crippen MR) is 128 cm³/mol. The largest absolute Gasteiger partial charge is 0.363 e. The average molecular weight is 469 g/mol. The fourth-order valence-corrected chi connectivity index (χ4v) is 4.54. The van der Waals surface area contributed by atoms with Crippen LogP contribution >= 0.6 is 35.0 Å². The van der Waals surface area contributed by atoms with E-state index in [1.807, 2.05) is 48.5 Å². The van der Waals surface area contributed by atoms with E-state index >= 15 is 0 Å². The van der Waals surface area contributed by atoms with Gasteiger partial charge in [0, 0.05) is 24.3 Å². The lowest BCUT2D eigenvalue weighted by Crippen LogP contribution is -2.22. The number of benzene rings is 3. The summed E-state index contributed by atoms with van der Waals surface area (Å²) in [6.45, 7) is 1.35. The van der Waals surface area contributed by atoms with E-state index in [4.69, 9.17) is 23.2 Å². The monoisotopic (exact) mass is 468 g/mol. The van der Waals surface area contributed by atoms with Crippen LogP contribution in [0.25, 0.3) is 6.08 Å². The first-order valence-electron chi connectivity index (χ1n) is 9.56. The van der Waals surface area contributed by atoms with Crippen molar-refractivity contribution in [2.24, 2.45) is 0 Å². The van der Waals surface area contributed by atoms with E-state index in [2.05, 4.69) is 34.5 Å². The molecule has 2 amide bonds. The summed E-state index contributed by atoms with van der Waals surface area (Å²) < 4.78 is 0. The van der Waals surface area contributed by atoms with Crippen LogP contribution < -0.4 is 10.2 Å². The van der Waals surface area contributed by atoms with Crippen molar-refractivity contribution in [1.29, 1.82) is 0 Å². The number of carbonyl (C=O) groups excluding carboxylic acids is 2. The zero-order valence-electron chi connectivity index (χ0n) is 16.3. The minimum atomic E-state index is -0.444. The van der Waals surface area contributed by atoms with Crippen LogP contribution in [-0.4, -0.2) is 11.1 Å². The fraction of sp³-hybridized carbons (Fsp3) is 0.0833. The summed E-state index contributed by atoms with van der Waals surface area (Å²) in [6.07, 6.45) is 1.55. The van der Waals surface area contributed by atoms with Crippen LogP contribution in [0.2, 0.25) is 10.0 Å². The molecule has 156 valence electrons. The Bertz CT molecular complexity index is 1090. The zero-order chi connectivity index (χ0) is 21.8. The Morgan fingerprint density at radius 3 is 1.81 bits per heavy atom. The van der Waals surface area contributed by atoms with Crippen LogP contribution in [0, 0.1) is 0 Å². The van der Waals surface area contributed by atoms with Gasteiger partial charge in [-0.05, 0) is 41.1 Å². The molecule has 3 aromatic carbocycles. The van der Waals surface area contributed by atoms with Crippen molar-refractivity contribution in [2.75, 3.05) is 4.90 Å². The second kappa shape index (κ2) is 9.60. The van der Waals surface area contributed by atoms with E-state index in [9.17, 15) is 9.59 Å². The summed E-state index contributed by atoms with van der Waals surface area (Å²) in [6, 6.07) is 24.0. The number of rotatable bonds is 6. The molecule has 1 heterocycles. The van der Waals surface area contributed by atoms with Gasteiger partial charge in [-0.3, -0.25) is 14.9 Å². The van der Waals surface area contributed by atoms with E-state index in [1.165, 1.54) is 0 Å². The number of hydrogen-bond donors (Lipinski definition) is 1. The minimum absolute atomic E-state index is 0.270. The molecule has 0 unspecified atom stereocenters. The Hall–Kier alpha value is -2.73. The van der Waals surface area contributed by atoms with Gasteiger partial charge in [-0.2, -0.15) is 0 Å². The SMILES string of the molecule is O=C1NC(=O)C(=Cc2c(Cl)cc(N(Cc3ccccc3)Cc3ccccc3)cc2Cl)S1. The van der Waals surface area contributed by atoms with E-state index in [1.54, 1.807) is 6.08 Å². The maximum absolute atomic E-state index is 11.9. The molecule has 1 fully saturated rings. The van der Waals surface area contributed by atoms with Crippen molar-refractivity contribution >= 4 is 57.9 Å². The van der Waals surface area contributed by atoms with Crippen molar-refractivity contribution < 1.29 is 9.59 Å². The number of nitrogens with one attached hydrogen (secondary N) is 1. The number of imide groups is 1. The van der Waals surface area contributed by atoms with Crippen molar-refractivity contribution in [2.45, 2.75) is 13.1 Å². The summed E-state index contributed by atoms with van der Waals surface area (Å²) in [5, 5.41) is 2.65. The van der Waals surface area contributed by atoms with Gasteiger partial charge in [-0.25, -0.2) is 0 Å². The van der Waals surface area contributed by atoms with Gasteiger partial charge in [0.2, 0.25) is 0 Å². The smallest absolute Gasteiger partial charge is 0.290 e. The number of anilines is 1. The second-order valence-electron chi connectivity index (χ2n) is 7.00. The van der Waals surface area contributed by atoms with E-state index in [0.29, 0.717) is 28.7 Å². The topological polar surface area (TPSA) is 49.4 Å². The molecule has 0 aliphatic carbocycles. The quantitative estimate of drug-likeness (QED) is 0.418. The molecular weight excluding hydrogens is 451 g/mol. The molecule has 4 nitrogen and oxygen atoms in total. The van der Waals surface area contributed by atoms with Crippen molar-refractivity contribution in [3.63, 3.8) is 0 Å². The van der Waals surface area contributed by atoms with Crippen LogP contribution in [0.1, 0.15) is 16.7 Å². The minimum Gasteiger partial charge on any atom is -0.363 e. The normalized spacial score (nSPS) is 14.7. The van der Waals surface area contributed by atoms with Crippen LogP contribution in [0.4, 0.5) is 10.5 Å². The van der Waals surface area contributed by atoms with Gasteiger partial charge in [-0.1, -0.05) is 83.9 Å². The molecule has 0 atom stereocenters. The molecule has 4 rings (SSSR count). The first-order chi connectivity index (χ1) is 15.0. The van der Waals surface area contributed by atoms with Crippen molar-refractivity contribution in [1.82, 2.24) is 5.32 Å². The van der Waals surface area contributed by atoms with E-state index in [-0.39, 0.29) is 4.91 Å². The molecule has 31 heavy (non-hydrogen) atoms. The molecule has 1 aliphatic heterocycles. The summed E-state index contributed by atoms with van der Waals surface area (Å²) in [5.41, 5.74) is 3.70. The third-order valence-corrected chi connectivity index (χ3v) is 6.21.